The molecule has 0 unspecified atom stereocenters. The van der Waals surface area contributed by atoms with E-state index in [0.29, 0.717) is 28.3 Å². The second-order valence-electron chi connectivity index (χ2n) is 4.89. The van der Waals surface area contributed by atoms with Crippen molar-refractivity contribution in [1.29, 1.82) is 0 Å². The Kier molecular flexibility index (Phi) is 4.21. The molecule has 25 heavy (non-hydrogen) atoms. The largest absolute Gasteiger partial charge is 0.411 e. The number of benzene rings is 1. The van der Waals surface area contributed by atoms with Crippen molar-refractivity contribution in [3.05, 3.63) is 60.5 Å². The molecule has 0 aliphatic heterocycles. The molecule has 1 aromatic carbocycles. The second kappa shape index (κ2) is 6.81. The minimum absolute atomic E-state index is 0.205. The minimum Gasteiger partial charge on any atom is -0.411 e. The zero-order chi connectivity index (χ0) is 17.1. The standard InChI is InChI=1S/C16H10FN5O2S/c17-12-4-2-1-3-11(12)14-19-13(24-22-14)9-25-16-21-20-15(23-16)10-5-7-18-8-6-10/h1-8H,9H2. The minimum atomic E-state index is -0.401. The van der Waals surface area contributed by atoms with E-state index >= 15 is 0 Å². The Morgan fingerprint density at radius 2 is 1.88 bits per heavy atom. The highest BCUT2D eigenvalue weighted by atomic mass is 32.2. The van der Waals surface area contributed by atoms with Crippen LogP contribution in [-0.4, -0.2) is 25.3 Å². The first-order valence-electron chi connectivity index (χ1n) is 7.24. The van der Waals surface area contributed by atoms with Crippen LogP contribution in [0.1, 0.15) is 5.89 Å². The SMILES string of the molecule is Fc1ccccc1-c1noc(CSc2nnc(-c3ccncc3)o2)n1. The summed E-state index contributed by atoms with van der Waals surface area (Å²) >= 11 is 1.26. The van der Waals surface area contributed by atoms with E-state index in [0.717, 1.165) is 5.56 Å². The topological polar surface area (TPSA) is 90.7 Å². The zero-order valence-electron chi connectivity index (χ0n) is 12.7. The molecule has 0 atom stereocenters. The lowest BCUT2D eigenvalue weighted by Crippen LogP contribution is -1.86. The lowest BCUT2D eigenvalue weighted by atomic mass is 10.2. The van der Waals surface area contributed by atoms with E-state index in [2.05, 4.69) is 25.3 Å². The van der Waals surface area contributed by atoms with Crippen molar-refractivity contribution in [2.24, 2.45) is 0 Å². The molecule has 9 heteroatoms. The quantitative estimate of drug-likeness (QED) is 0.501. The van der Waals surface area contributed by atoms with Gasteiger partial charge in [0, 0.05) is 18.0 Å². The summed E-state index contributed by atoms with van der Waals surface area (Å²) in [5, 5.41) is 12.1. The van der Waals surface area contributed by atoms with Crippen LogP contribution in [0.2, 0.25) is 0 Å². The average molecular weight is 355 g/mol. The Labute approximate surface area is 145 Å². The lowest BCUT2D eigenvalue weighted by molar-refractivity contribution is 0.390. The molecule has 0 bridgehead atoms. The van der Waals surface area contributed by atoms with Crippen LogP contribution in [-0.2, 0) is 5.75 Å². The van der Waals surface area contributed by atoms with Gasteiger partial charge in [0.05, 0.1) is 11.3 Å². The summed E-state index contributed by atoms with van der Waals surface area (Å²) in [5.41, 5.74) is 1.08. The van der Waals surface area contributed by atoms with Gasteiger partial charge >= 0.3 is 0 Å². The number of halogens is 1. The van der Waals surface area contributed by atoms with Gasteiger partial charge in [-0.15, -0.1) is 10.2 Å². The number of aromatic nitrogens is 5. The molecule has 0 amide bonds. The van der Waals surface area contributed by atoms with Gasteiger partial charge in [0.25, 0.3) is 5.22 Å². The number of thioether (sulfide) groups is 1. The van der Waals surface area contributed by atoms with Crippen LogP contribution in [0.3, 0.4) is 0 Å². The van der Waals surface area contributed by atoms with Crippen LogP contribution in [0.15, 0.2) is 63.0 Å². The summed E-state index contributed by atoms with van der Waals surface area (Å²) in [7, 11) is 0. The Hall–Kier alpha value is -3.07. The van der Waals surface area contributed by atoms with Crippen molar-refractivity contribution in [3.63, 3.8) is 0 Å². The Bertz CT molecular complexity index is 989. The maximum absolute atomic E-state index is 13.7. The molecule has 0 saturated carbocycles. The molecule has 0 N–H and O–H groups in total. The number of pyridine rings is 1. The van der Waals surface area contributed by atoms with E-state index < -0.39 is 5.82 Å². The summed E-state index contributed by atoms with van der Waals surface area (Å²) in [6.45, 7) is 0. The van der Waals surface area contributed by atoms with Gasteiger partial charge in [-0.25, -0.2) is 4.39 Å². The molecule has 124 valence electrons. The highest BCUT2D eigenvalue weighted by molar-refractivity contribution is 7.98. The van der Waals surface area contributed by atoms with Crippen LogP contribution in [0.4, 0.5) is 4.39 Å². The summed E-state index contributed by atoms with van der Waals surface area (Å²) in [4.78, 5) is 8.12. The maximum Gasteiger partial charge on any atom is 0.277 e. The molecule has 0 radical (unpaired) electrons. The van der Waals surface area contributed by atoms with Gasteiger partial charge in [-0.1, -0.05) is 29.1 Å². The Morgan fingerprint density at radius 3 is 2.72 bits per heavy atom. The number of hydrogen-bond donors (Lipinski definition) is 0. The van der Waals surface area contributed by atoms with Gasteiger partial charge < -0.3 is 8.94 Å². The number of rotatable bonds is 5. The predicted molar refractivity (Wildman–Crippen MR) is 86.8 cm³/mol. The van der Waals surface area contributed by atoms with Gasteiger partial charge in [-0.05, 0) is 24.3 Å². The van der Waals surface area contributed by atoms with Crippen molar-refractivity contribution in [2.75, 3.05) is 0 Å². The van der Waals surface area contributed by atoms with E-state index in [-0.39, 0.29) is 5.82 Å². The molecule has 4 rings (SSSR count). The van der Waals surface area contributed by atoms with Crippen LogP contribution in [0.5, 0.6) is 0 Å². The lowest BCUT2D eigenvalue weighted by Gasteiger charge is -1.94. The normalized spacial score (nSPS) is 10.9. The summed E-state index contributed by atoms with van der Waals surface area (Å²) in [6.07, 6.45) is 3.30. The molecule has 3 aromatic heterocycles. The first kappa shape index (κ1) is 15.5. The predicted octanol–water partition coefficient (Wildman–Crippen LogP) is 3.61. The van der Waals surface area contributed by atoms with E-state index in [1.165, 1.54) is 17.8 Å². The second-order valence-corrected chi connectivity index (χ2v) is 5.82. The van der Waals surface area contributed by atoms with Gasteiger partial charge in [0.2, 0.25) is 17.6 Å². The van der Waals surface area contributed by atoms with Crippen molar-refractivity contribution >= 4 is 11.8 Å². The summed E-state index contributed by atoms with van der Waals surface area (Å²) in [6, 6.07) is 9.81. The Balaban J connectivity index is 1.44. The first-order chi connectivity index (χ1) is 12.3. The van der Waals surface area contributed by atoms with Crippen molar-refractivity contribution in [3.8, 4) is 22.8 Å². The fourth-order valence-corrected chi connectivity index (χ4v) is 2.67. The molecule has 0 saturated heterocycles. The summed E-state index contributed by atoms with van der Waals surface area (Å²) in [5.74, 6) is 0.881. The van der Waals surface area contributed by atoms with E-state index in [1.54, 1.807) is 42.7 Å². The molecule has 3 heterocycles. The Morgan fingerprint density at radius 1 is 1.04 bits per heavy atom. The number of hydrogen-bond acceptors (Lipinski definition) is 8. The fourth-order valence-electron chi connectivity index (χ4n) is 2.07. The van der Waals surface area contributed by atoms with E-state index in [9.17, 15) is 4.39 Å². The first-order valence-corrected chi connectivity index (χ1v) is 8.22. The smallest absolute Gasteiger partial charge is 0.277 e. The maximum atomic E-state index is 13.7. The average Bonchev–Trinajstić information content (AvgIpc) is 3.31. The molecule has 7 nitrogen and oxygen atoms in total. The van der Waals surface area contributed by atoms with Crippen molar-refractivity contribution in [2.45, 2.75) is 11.0 Å². The third kappa shape index (κ3) is 3.41. The molecule has 0 aliphatic carbocycles. The van der Waals surface area contributed by atoms with Gasteiger partial charge in [-0.2, -0.15) is 4.98 Å². The molecule has 0 fully saturated rings. The van der Waals surface area contributed by atoms with E-state index in [4.69, 9.17) is 8.94 Å². The van der Waals surface area contributed by atoms with Crippen LogP contribution >= 0.6 is 11.8 Å². The van der Waals surface area contributed by atoms with E-state index in [1.807, 2.05) is 0 Å². The fraction of sp³-hybridized carbons (Fsp3) is 0.0625. The third-order valence-electron chi connectivity index (χ3n) is 3.24. The monoisotopic (exact) mass is 355 g/mol. The van der Waals surface area contributed by atoms with Crippen LogP contribution in [0, 0.1) is 5.82 Å². The molecular formula is C16H10FN5O2S. The number of nitrogens with zero attached hydrogens (tertiary/aromatic N) is 5. The molecule has 0 aliphatic rings. The van der Waals surface area contributed by atoms with Gasteiger partial charge in [-0.3, -0.25) is 4.98 Å². The van der Waals surface area contributed by atoms with Gasteiger partial charge in [0.15, 0.2) is 0 Å². The highest BCUT2D eigenvalue weighted by Gasteiger charge is 2.14. The van der Waals surface area contributed by atoms with Crippen molar-refractivity contribution < 1.29 is 13.3 Å². The molecule has 4 aromatic rings. The molecule has 0 spiro atoms. The molecular weight excluding hydrogens is 345 g/mol. The van der Waals surface area contributed by atoms with Crippen LogP contribution < -0.4 is 0 Å². The van der Waals surface area contributed by atoms with Crippen LogP contribution in [0.25, 0.3) is 22.8 Å². The zero-order valence-corrected chi connectivity index (χ0v) is 13.5. The van der Waals surface area contributed by atoms with Crippen molar-refractivity contribution in [1.82, 2.24) is 25.3 Å². The highest BCUT2D eigenvalue weighted by Crippen LogP contribution is 2.26. The third-order valence-corrected chi connectivity index (χ3v) is 4.04. The summed E-state index contributed by atoms with van der Waals surface area (Å²) < 4.78 is 24.4. The van der Waals surface area contributed by atoms with Gasteiger partial charge in [0.1, 0.15) is 5.82 Å².